The van der Waals surface area contributed by atoms with E-state index in [4.69, 9.17) is 11.6 Å². The maximum atomic E-state index is 11.8. The van der Waals surface area contributed by atoms with E-state index in [1.165, 1.54) is 0 Å². The molecule has 0 radical (unpaired) electrons. The van der Waals surface area contributed by atoms with Crippen molar-refractivity contribution >= 4 is 39.0 Å². The second-order valence-electron chi connectivity index (χ2n) is 4.66. The fourth-order valence-corrected chi connectivity index (χ4v) is 2.91. The molecule has 0 unspecified atom stereocenters. The summed E-state index contributed by atoms with van der Waals surface area (Å²) < 4.78 is 0.963. The molecular formula is C16H11BrClNO. The summed E-state index contributed by atoms with van der Waals surface area (Å²) in [5, 5.41) is 0.645. The van der Waals surface area contributed by atoms with Crippen LogP contribution in [0, 0.1) is 0 Å². The third-order valence-corrected chi connectivity index (χ3v) is 4.08. The van der Waals surface area contributed by atoms with Crippen LogP contribution in [0.4, 0.5) is 0 Å². The van der Waals surface area contributed by atoms with Gasteiger partial charge in [-0.1, -0.05) is 51.8 Å². The molecule has 100 valence electrons. The minimum Gasteiger partial charge on any atom is -0.297 e. The highest BCUT2D eigenvalue weighted by Gasteiger charge is 2.19. The highest BCUT2D eigenvalue weighted by Crippen LogP contribution is 2.26. The van der Waals surface area contributed by atoms with Gasteiger partial charge in [0.1, 0.15) is 0 Å². The second kappa shape index (κ2) is 5.51. The summed E-state index contributed by atoms with van der Waals surface area (Å²) in [5.41, 5.74) is 3.62. The lowest BCUT2D eigenvalue weighted by atomic mass is 9.96. The highest BCUT2D eigenvalue weighted by molar-refractivity contribution is 9.10. The third kappa shape index (κ3) is 2.56. The van der Waals surface area contributed by atoms with E-state index in [-0.39, 0.29) is 12.3 Å². The van der Waals surface area contributed by atoms with Crippen LogP contribution in [0.5, 0.6) is 0 Å². The monoisotopic (exact) mass is 347 g/mol. The molecule has 0 fully saturated rings. The summed E-state index contributed by atoms with van der Waals surface area (Å²) in [5.74, 6) is 0.121. The molecular weight excluding hydrogens is 338 g/mol. The van der Waals surface area contributed by atoms with Crippen molar-refractivity contribution in [3.63, 3.8) is 0 Å². The summed E-state index contributed by atoms with van der Waals surface area (Å²) in [7, 11) is 0. The molecule has 2 aromatic rings. The number of aliphatic imine (C=N–C) groups is 1. The predicted octanol–water partition coefficient (Wildman–Crippen LogP) is 4.07. The molecule has 0 bridgehead atoms. The number of benzene rings is 2. The Morgan fingerprint density at radius 1 is 1.10 bits per heavy atom. The van der Waals surface area contributed by atoms with Crippen molar-refractivity contribution in [3.05, 3.63) is 68.7 Å². The van der Waals surface area contributed by atoms with Crippen molar-refractivity contribution in [3.8, 4) is 0 Å². The summed E-state index contributed by atoms with van der Waals surface area (Å²) in [6, 6.07) is 13.5. The van der Waals surface area contributed by atoms with E-state index in [2.05, 4.69) is 20.9 Å². The molecule has 1 heterocycles. The number of rotatable bonds is 1. The average Bonchev–Trinajstić information content (AvgIpc) is 2.58. The summed E-state index contributed by atoms with van der Waals surface area (Å²) in [6.45, 7) is 0.201. The zero-order chi connectivity index (χ0) is 14.1. The number of ketones is 1. The Hall–Kier alpha value is -1.45. The van der Waals surface area contributed by atoms with E-state index in [0.717, 1.165) is 26.9 Å². The number of fused-ring (bicyclic) bond motifs is 1. The summed E-state index contributed by atoms with van der Waals surface area (Å²) in [4.78, 5) is 16.3. The Morgan fingerprint density at radius 2 is 1.90 bits per heavy atom. The number of hydrogen-bond acceptors (Lipinski definition) is 2. The van der Waals surface area contributed by atoms with Crippen LogP contribution in [0.3, 0.4) is 0 Å². The van der Waals surface area contributed by atoms with Gasteiger partial charge in [-0.05, 0) is 23.8 Å². The minimum absolute atomic E-state index is 0.121. The molecule has 0 saturated heterocycles. The van der Waals surface area contributed by atoms with Gasteiger partial charge < -0.3 is 0 Å². The van der Waals surface area contributed by atoms with Crippen LogP contribution in [-0.2, 0) is 11.2 Å². The van der Waals surface area contributed by atoms with Crippen molar-refractivity contribution < 1.29 is 4.79 Å². The fraction of sp³-hybridized carbons (Fsp3) is 0.125. The van der Waals surface area contributed by atoms with Crippen molar-refractivity contribution in [2.45, 2.75) is 6.42 Å². The van der Waals surface area contributed by atoms with Gasteiger partial charge in [-0.2, -0.15) is 0 Å². The Bertz CT molecular complexity index is 724. The largest absolute Gasteiger partial charge is 0.297 e. The van der Waals surface area contributed by atoms with E-state index >= 15 is 0 Å². The Morgan fingerprint density at radius 3 is 2.70 bits per heavy atom. The molecule has 2 nitrogen and oxygen atoms in total. The molecule has 0 aliphatic carbocycles. The average molecular weight is 349 g/mol. The molecule has 20 heavy (non-hydrogen) atoms. The van der Waals surface area contributed by atoms with Gasteiger partial charge in [-0.3, -0.25) is 9.79 Å². The van der Waals surface area contributed by atoms with Crippen LogP contribution in [-0.4, -0.2) is 18.0 Å². The third-order valence-electron chi connectivity index (χ3n) is 3.26. The van der Waals surface area contributed by atoms with Crippen molar-refractivity contribution in [2.75, 3.05) is 6.54 Å². The molecule has 2 aromatic carbocycles. The van der Waals surface area contributed by atoms with Crippen LogP contribution >= 0.6 is 27.5 Å². The lowest BCUT2D eigenvalue weighted by Gasteiger charge is -2.11. The van der Waals surface area contributed by atoms with Crippen molar-refractivity contribution in [1.29, 1.82) is 0 Å². The summed E-state index contributed by atoms with van der Waals surface area (Å²) >= 11 is 9.75. The molecule has 3 rings (SSSR count). The Kier molecular flexibility index (Phi) is 3.72. The zero-order valence-electron chi connectivity index (χ0n) is 10.6. The van der Waals surface area contributed by atoms with Crippen molar-refractivity contribution in [1.82, 2.24) is 0 Å². The van der Waals surface area contributed by atoms with Gasteiger partial charge in [-0.15, -0.1) is 0 Å². The Labute approximate surface area is 130 Å². The number of halogens is 2. The van der Waals surface area contributed by atoms with Gasteiger partial charge >= 0.3 is 0 Å². The van der Waals surface area contributed by atoms with E-state index in [0.29, 0.717) is 11.4 Å². The standard InChI is InChI=1S/C16H11BrClNO/c17-11-6-5-10-7-12(20)9-19-16(14(10)8-11)13-3-1-2-4-15(13)18/h1-6,8H,7,9H2. The molecule has 1 aliphatic rings. The lowest BCUT2D eigenvalue weighted by molar-refractivity contribution is -0.117. The first-order valence-corrected chi connectivity index (χ1v) is 7.42. The van der Waals surface area contributed by atoms with Crippen LogP contribution in [0.15, 0.2) is 51.9 Å². The van der Waals surface area contributed by atoms with E-state index < -0.39 is 0 Å². The van der Waals surface area contributed by atoms with Crippen LogP contribution < -0.4 is 0 Å². The number of carbonyl (C=O) groups is 1. The maximum Gasteiger partial charge on any atom is 0.158 e. The molecule has 0 amide bonds. The first-order valence-electron chi connectivity index (χ1n) is 6.25. The van der Waals surface area contributed by atoms with E-state index in [1.54, 1.807) is 0 Å². The molecule has 0 aromatic heterocycles. The predicted molar refractivity (Wildman–Crippen MR) is 84.8 cm³/mol. The number of nitrogens with zero attached hydrogens (tertiary/aromatic N) is 1. The van der Waals surface area contributed by atoms with Crippen LogP contribution in [0.2, 0.25) is 5.02 Å². The number of hydrogen-bond donors (Lipinski definition) is 0. The quantitative estimate of drug-likeness (QED) is 0.764. The van der Waals surface area contributed by atoms with Gasteiger partial charge in [0.05, 0.1) is 12.3 Å². The van der Waals surface area contributed by atoms with Gasteiger partial charge in [0.2, 0.25) is 0 Å². The zero-order valence-corrected chi connectivity index (χ0v) is 12.9. The normalized spacial score (nSPS) is 14.5. The van der Waals surface area contributed by atoms with Crippen LogP contribution in [0.25, 0.3) is 0 Å². The SMILES string of the molecule is O=C1CN=C(c2ccccc2Cl)c2cc(Br)ccc2C1. The molecule has 4 heteroatoms. The number of carbonyl (C=O) groups excluding carboxylic acids is 1. The van der Waals surface area contributed by atoms with Gasteiger partial charge in [-0.25, -0.2) is 0 Å². The first kappa shape index (κ1) is 13.5. The molecule has 0 saturated carbocycles. The highest BCUT2D eigenvalue weighted by atomic mass is 79.9. The fourth-order valence-electron chi connectivity index (χ4n) is 2.33. The molecule has 0 N–H and O–H groups in total. The van der Waals surface area contributed by atoms with Gasteiger partial charge in [0, 0.05) is 27.0 Å². The van der Waals surface area contributed by atoms with Gasteiger partial charge in [0.25, 0.3) is 0 Å². The lowest BCUT2D eigenvalue weighted by Crippen LogP contribution is -2.06. The molecule has 0 atom stereocenters. The van der Waals surface area contributed by atoms with Crippen molar-refractivity contribution in [2.24, 2.45) is 4.99 Å². The number of Topliss-reactive ketones (excluding diaryl/α,β-unsaturated/α-hetero) is 1. The second-order valence-corrected chi connectivity index (χ2v) is 5.98. The van der Waals surface area contributed by atoms with Gasteiger partial charge in [0.15, 0.2) is 5.78 Å². The first-order chi connectivity index (χ1) is 9.65. The molecule has 0 spiro atoms. The van der Waals surface area contributed by atoms with Crippen LogP contribution in [0.1, 0.15) is 16.7 Å². The topological polar surface area (TPSA) is 29.4 Å². The Balaban J connectivity index is 2.23. The minimum atomic E-state index is 0.121. The van der Waals surface area contributed by atoms with E-state index in [9.17, 15) is 4.79 Å². The maximum absolute atomic E-state index is 11.8. The summed E-state index contributed by atoms with van der Waals surface area (Å²) in [6.07, 6.45) is 0.417. The van der Waals surface area contributed by atoms with E-state index in [1.807, 2.05) is 42.5 Å². The smallest absolute Gasteiger partial charge is 0.158 e. The molecule has 1 aliphatic heterocycles.